The van der Waals surface area contributed by atoms with E-state index in [4.69, 9.17) is 4.74 Å². The van der Waals surface area contributed by atoms with E-state index in [1.165, 1.54) is 25.2 Å². The Morgan fingerprint density at radius 3 is 2.48 bits per heavy atom. The zero-order valence-corrected chi connectivity index (χ0v) is 16.2. The molecule has 1 aliphatic rings. The number of carbonyl (C=O) groups is 3. The molecule has 0 fully saturated rings. The molecule has 1 aromatic heterocycles. The van der Waals surface area contributed by atoms with Gasteiger partial charge in [0.05, 0.1) is 5.56 Å². The zero-order chi connectivity index (χ0) is 19.4. The van der Waals surface area contributed by atoms with Crippen LogP contribution in [0.3, 0.4) is 0 Å². The van der Waals surface area contributed by atoms with Crippen molar-refractivity contribution in [3.8, 4) is 0 Å². The third-order valence-corrected chi connectivity index (χ3v) is 5.57. The van der Waals surface area contributed by atoms with Crippen LogP contribution in [0.25, 0.3) is 0 Å². The summed E-state index contributed by atoms with van der Waals surface area (Å²) < 4.78 is 5.42. The molecular formula is C20H22N2O4S. The highest BCUT2D eigenvalue weighted by atomic mass is 32.1. The van der Waals surface area contributed by atoms with Crippen molar-refractivity contribution in [2.24, 2.45) is 0 Å². The Kier molecular flexibility index (Phi) is 5.91. The van der Waals surface area contributed by atoms with E-state index in [0.29, 0.717) is 16.3 Å². The molecule has 1 aliphatic carbocycles. The average Bonchev–Trinajstić information content (AvgIpc) is 2.99. The molecule has 0 bridgehead atoms. The third kappa shape index (κ3) is 4.54. The predicted molar refractivity (Wildman–Crippen MR) is 105 cm³/mol. The summed E-state index contributed by atoms with van der Waals surface area (Å²) in [6, 6.07) is 8.99. The maximum absolute atomic E-state index is 12.8. The van der Waals surface area contributed by atoms with Gasteiger partial charge in [0, 0.05) is 17.5 Å². The van der Waals surface area contributed by atoms with Crippen LogP contribution in [0.4, 0.5) is 10.7 Å². The van der Waals surface area contributed by atoms with Gasteiger partial charge in [0.2, 0.25) is 5.91 Å². The minimum atomic E-state index is -0.956. The maximum atomic E-state index is 12.8. The molecular weight excluding hydrogens is 364 g/mol. The van der Waals surface area contributed by atoms with Gasteiger partial charge in [0.1, 0.15) is 5.00 Å². The van der Waals surface area contributed by atoms with Gasteiger partial charge in [-0.1, -0.05) is 18.2 Å². The van der Waals surface area contributed by atoms with Crippen LogP contribution >= 0.6 is 11.3 Å². The van der Waals surface area contributed by atoms with Crippen LogP contribution in [0.5, 0.6) is 0 Å². The van der Waals surface area contributed by atoms with Crippen LogP contribution in [0, 0.1) is 0 Å². The lowest BCUT2D eigenvalue weighted by Crippen LogP contribution is -2.30. The summed E-state index contributed by atoms with van der Waals surface area (Å²) in [5.74, 6) is -1.22. The zero-order valence-electron chi connectivity index (χ0n) is 15.3. The summed E-state index contributed by atoms with van der Waals surface area (Å²) in [6.45, 7) is 2.94. The van der Waals surface area contributed by atoms with Crippen molar-refractivity contribution in [1.82, 2.24) is 0 Å². The van der Waals surface area contributed by atoms with Crippen LogP contribution < -0.4 is 10.6 Å². The van der Waals surface area contributed by atoms with E-state index in [0.717, 1.165) is 36.1 Å². The fourth-order valence-corrected chi connectivity index (χ4v) is 4.39. The first-order valence-electron chi connectivity index (χ1n) is 8.94. The number of aryl methyl sites for hydroxylation is 1. The molecule has 7 heteroatoms. The topological polar surface area (TPSA) is 84.5 Å². The fourth-order valence-electron chi connectivity index (χ4n) is 3.07. The number of rotatable bonds is 5. The van der Waals surface area contributed by atoms with Gasteiger partial charge in [-0.3, -0.25) is 9.59 Å². The molecule has 0 unspecified atom stereocenters. The second-order valence-electron chi connectivity index (χ2n) is 6.50. The molecule has 0 saturated carbocycles. The number of hydrogen-bond donors (Lipinski definition) is 2. The Bertz CT molecular complexity index is 860. The van der Waals surface area contributed by atoms with Crippen LogP contribution in [0.1, 0.15) is 47.5 Å². The van der Waals surface area contributed by atoms with Crippen molar-refractivity contribution < 1.29 is 19.1 Å². The number of hydrogen-bond acceptors (Lipinski definition) is 5. The first-order valence-corrected chi connectivity index (χ1v) is 9.76. The molecule has 0 saturated heterocycles. The van der Waals surface area contributed by atoms with E-state index in [2.05, 4.69) is 10.6 Å². The van der Waals surface area contributed by atoms with Gasteiger partial charge in [-0.2, -0.15) is 0 Å². The highest BCUT2D eigenvalue weighted by Crippen LogP contribution is 2.38. The van der Waals surface area contributed by atoms with Gasteiger partial charge in [-0.25, -0.2) is 4.79 Å². The van der Waals surface area contributed by atoms with Crippen LogP contribution in [-0.4, -0.2) is 23.9 Å². The molecule has 1 aromatic carbocycles. The standard InChI is InChI=1S/C20H22N2O4S/c1-12(18(24)22-14-8-4-3-5-9-14)26-20(25)17-15-10-6-7-11-16(15)27-19(17)21-13(2)23/h3-5,8-9,12H,6-7,10-11H2,1-2H3,(H,21,23)(H,22,24)/t12-/m1/s1. The number of benzene rings is 1. The summed E-state index contributed by atoms with van der Waals surface area (Å²) in [5, 5.41) is 5.96. The summed E-state index contributed by atoms with van der Waals surface area (Å²) in [4.78, 5) is 37.7. The monoisotopic (exact) mass is 386 g/mol. The number of para-hydroxylation sites is 1. The number of esters is 1. The summed E-state index contributed by atoms with van der Waals surface area (Å²) >= 11 is 1.42. The lowest BCUT2D eigenvalue weighted by molar-refractivity contribution is -0.123. The average molecular weight is 386 g/mol. The van der Waals surface area contributed by atoms with Crippen LogP contribution in [0.2, 0.25) is 0 Å². The number of anilines is 2. The summed E-state index contributed by atoms with van der Waals surface area (Å²) in [6.07, 6.45) is 2.78. The first-order chi connectivity index (χ1) is 13.0. The number of nitrogens with one attached hydrogen (secondary N) is 2. The minimum Gasteiger partial charge on any atom is -0.449 e. The molecule has 6 nitrogen and oxygen atoms in total. The van der Waals surface area contributed by atoms with E-state index in [1.807, 2.05) is 18.2 Å². The van der Waals surface area contributed by atoms with E-state index in [9.17, 15) is 14.4 Å². The van der Waals surface area contributed by atoms with E-state index in [-0.39, 0.29) is 5.91 Å². The molecule has 0 radical (unpaired) electrons. The Morgan fingerprint density at radius 1 is 1.07 bits per heavy atom. The molecule has 1 atom stereocenters. The van der Waals surface area contributed by atoms with E-state index >= 15 is 0 Å². The Hall–Kier alpha value is -2.67. The van der Waals surface area contributed by atoms with Crippen molar-refractivity contribution in [3.05, 3.63) is 46.3 Å². The highest BCUT2D eigenvalue weighted by Gasteiger charge is 2.29. The molecule has 142 valence electrons. The fraction of sp³-hybridized carbons (Fsp3) is 0.350. The smallest absolute Gasteiger partial charge is 0.342 e. The Balaban J connectivity index is 1.76. The molecule has 3 rings (SSSR count). The molecule has 0 aliphatic heterocycles. The molecule has 2 amide bonds. The van der Waals surface area contributed by atoms with Gasteiger partial charge in [-0.15, -0.1) is 11.3 Å². The summed E-state index contributed by atoms with van der Waals surface area (Å²) in [7, 11) is 0. The Morgan fingerprint density at radius 2 is 1.78 bits per heavy atom. The second kappa shape index (κ2) is 8.35. The third-order valence-electron chi connectivity index (χ3n) is 4.36. The molecule has 0 spiro atoms. The van der Waals surface area contributed by atoms with Crippen LogP contribution in [-0.2, 0) is 27.2 Å². The quantitative estimate of drug-likeness (QED) is 0.766. The maximum Gasteiger partial charge on any atom is 0.342 e. The molecule has 1 heterocycles. The Labute approximate surface area is 161 Å². The van der Waals surface area contributed by atoms with Crippen molar-refractivity contribution in [2.45, 2.75) is 45.6 Å². The van der Waals surface area contributed by atoms with Gasteiger partial charge in [-0.05, 0) is 50.3 Å². The number of carbonyl (C=O) groups excluding carboxylic acids is 3. The van der Waals surface area contributed by atoms with E-state index in [1.54, 1.807) is 12.1 Å². The van der Waals surface area contributed by atoms with Gasteiger partial charge in [0.15, 0.2) is 6.10 Å². The highest BCUT2D eigenvalue weighted by molar-refractivity contribution is 7.17. The van der Waals surface area contributed by atoms with Crippen LogP contribution in [0.15, 0.2) is 30.3 Å². The first kappa shape index (κ1) is 19.1. The molecule has 2 N–H and O–H groups in total. The van der Waals surface area contributed by atoms with Gasteiger partial charge < -0.3 is 15.4 Å². The normalized spacial score (nSPS) is 14.0. The van der Waals surface area contributed by atoms with Crippen molar-refractivity contribution in [1.29, 1.82) is 0 Å². The SMILES string of the molecule is CC(=O)Nc1sc2c(c1C(=O)O[C@H](C)C(=O)Nc1ccccc1)CCCC2. The second-order valence-corrected chi connectivity index (χ2v) is 7.60. The lowest BCUT2D eigenvalue weighted by Gasteiger charge is -2.16. The van der Waals surface area contributed by atoms with Crippen molar-refractivity contribution >= 4 is 39.8 Å². The van der Waals surface area contributed by atoms with E-state index < -0.39 is 18.0 Å². The number of amides is 2. The minimum absolute atomic E-state index is 0.238. The lowest BCUT2D eigenvalue weighted by atomic mass is 9.95. The van der Waals surface area contributed by atoms with Crippen molar-refractivity contribution in [3.63, 3.8) is 0 Å². The van der Waals surface area contributed by atoms with Gasteiger partial charge >= 0.3 is 5.97 Å². The van der Waals surface area contributed by atoms with Crippen molar-refractivity contribution in [2.75, 3.05) is 10.6 Å². The van der Waals surface area contributed by atoms with Gasteiger partial charge in [0.25, 0.3) is 5.91 Å². The number of thiophene rings is 1. The number of fused-ring (bicyclic) bond motifs is 1. The largest absolute Gasteiger partial charge is 0.449 e. The molecule has 27 heavy (non-hydrogen) atoms. The number of ether oxygens (including phenoxy) is 1. The molecule has 2 aromatic rings. The predicted octanol–water partition coefficient (Wildman–Crippen LogP) is 3.77. The summed E-state index contributed by atoms with van der Waals surface area (Å²) in [5.41, 5.74) is 1.97.